The van der Waals surface area contributed by atoms with Crippen molar-refractivity contribution in [3.63, 3.8) is 0 Å². The van der Waals surface area contributed by atoms with Crippen LogP contribution in [0.3, 0.4) is 0 Å². The fourth-order valence-corrected chi connectivity index (χ4v) is 4.24. The maximum atomic E-state index is 13.0. The number of nitrogens with one attached hydrogen (secondary N) is 1. The summed E-state index contributed by atoms with van der Waals surface area (Å²) in [7, 11) is 0. The van der Waals surface area contributed by atoms with Crippen molar-refractivity contribution in [2.45, 2.75) is 57.4 Å². The van der Waals surface area contributed by atoms with Crippen molar-refractivity contribution in [2.24, 2.45) is 0 Å². The van der Waals surface area contributed by atoms with Gasteiger partial charge in [0.15, 0.2) is 5.82 Å². The molecule has 1 N–H and O–H groups in total. The Labute approximate surface area is 171 Å². The number of hydrogen-bond acceptors (Lipinski definition) is 4. The largest absolute Gasteiger partial charge is 0.352 e. The molecule has 6 heteroatoms. The lowest BCUT2D eigenvalue weighted by Gasteiger charge is -2.22. The molecular weight excluding hydrogens is 364 g/mol. The van der Waals surface area contributed by atoms with E-state index >= 15 is 0 Å². The average molecular weight is 393 g/mol. The number of fused-ring (bicyclic) bond motifs is 1. The van der Waals surface area contributed by atoms with Crippen LogP contribution in [0.15, 0.2) is 36.5 Å². The van der Waals surface area contributed by atoms with Gasteiger partial charge in [-0.1, -0.05) is 56.0 Å². The molecule has 1 fully saturated rings. The van der Waals surface area contributed by atoms with Gasteiger partial charge in [-0.3, -0.25) is 9.59 Å². The normalized spacial score (nSPS) is 17.9. The van der Waals surface area contributed by atoms with Crippen LogP contribution >= 0.6 is 0 Å². The van der Waals surface area contributed by atoms with Crippen LogP contribution in [-0.4, -0.2) is 45.8 Å². The molecule has 0 unspecified atom stereocenters. The molecule has 4 rings (SSSR count). The number of carbonyl (C=O) groups excluding carboxylic acids is 2. The number of aromatic nitrogens is 2. The highest BCUT2D eigenvalue weighted by molar-refractivity contribution is 5.97. The Bertz CT molecular complexity index is 860. The van der Waals surface area contributed by atoms with Crippen LogP contribution in [0.1, 0.15) is 61.0 Å². The number of aryl methyl sites for hydroxylation is 1. The molecule has 2 heterocycles. The zero-order valence-corrected chi connectivity index (χ0v) is 16.8. The van der Waals surface area contributed by atoms with Crippen LogP contribution < -0.4 is 5.32 Å². The Morgan fingerprint density at radius 1 is 1.07 bits per heavy atom. The summed E-state index contributed by atoms with van der Waals surface area (Å²) in [6, 6.07) is 10.0. The van der Waals surface area contributed by atoms with E-state index in [2.05, 4.69) is 15.3 Å². The second-order valence-electron chi connectivity index (χ2n) is 8.01. The Kier molecular flexibility index (Phi) is 6.17. The number of hydrogen-bond donors (Lipinski definition) is 1. The topological polar surface area (TPSA) is 75.2 Å². The molecule has 0 radical (unpaired) electrons. The molecular formula is C23H28N4O2. The van der Waals surface area contributed by atoms with Crippen LogP contribution in [0.25, 0.3) is 11.4 Å². The number of amides is 2. The fourth-order valence-electron chi connectivity index (χ4n) is 4.24. The standard InChI is InChI=1S/C23H28N4O2/c28-21(25-18-11-6-1-2-7-12-18)16-27-14-8-13-20-19(23(27)29)15-24-22(26-20)17-9-4-3-5-10-17/h3-5,9-10,15,18H,1-2,6-8,11-14,16H2,(H,25,28). The average Bonchev–Trinajstić information content (AvgIpc) is 3.08. The monoisotopic (exact) mass is 392 g/mol. The highest BCUT2D eigenvalue weighted by Crippen LogP contribution is 2.21. The number of benzene rings is 1. The van der Waals surface area contributed by atoms with Crippen LogP contribution in [0.2, 0.25) is 0 Å². The number of carbonyl (C=O) groups is 2. The van der Waals surface area contributed by atoms with Gasteiger partial charge in [-0.2, -0.15) is 0 Å². The van der Waals surface area contributed by atoms with E-state index in [0.717, 1.165) is 30.5 Å². The van der Waals surface area contributed by atoms with E-state index in [1.807, 2.05) is 30.3 Å². The smallest absolute Gasteiger partial charge is 0.257 e. The molecule has 1 aliphatic carbocycles. The van der Waals surface area contributed by atoms with Crippen molar-refractivity contribution in [3.05, 3.63) is 47.8 Å². The lowest BCUT2D eigenvalue weighted by atomic mass is 10.1. The molecule has 2 aliphatic rings. The van der Waals surface area contributed by atoms with E-state index in [0.29, 0.717) is 24.4 Å². The minimum absolute atomic E-state index is 0.0597. The van der Waals surface area contributed by atoms with Gasteiger partial charge in [0.2, 0.25) is 5.91 Å². The maximum Gasteiger partial charge on any atom is 0.257 e. The maximum absolute atomic E-state index is 13.0. The van der Waals surface area contributed by atoms with Crippen molar-refractivity contribution in [2.75, 3.05) is 13.1 Å². The quantitative estimate of drug-likeness (QED) is 0.810. The van der Waals surface area contributed by atoms with Gasteiger partial charge >= 0.3 is 0 Å². The Morgan fingerprint density at radius 3 is 2.59 bits per heavy atom. The van der Waals surface area contributed by atoms with Crippen LogP contribution in [0.5, 0.6) is 0 Å². The van der Waals surface area contributed by atoms with Gasteiger partial charge in [0.25, 0.3) is 5.91 Å². The van der Waals surface area contributed by atoms with Gasteiger partial charge < -0.3 is 10.2 Å². The van der Waals surface area contributed by atoms with Gasteiger partial charge in [0, 0.05) is 24.3 Å². The second-order valence-corrected chi connectivity index (χ2v) is 8.01. The van der Waals surface area contributed by atoms with Crippen molar-refractivity contribution in [1.29, 1.82) is 0 Å². The fraction of sp³-hybridized carbons (Fsp3) is 0.478. The summed E-state index contributed by atoms with van der Waals surface area (Å²) in [4.78, 5) is 36.3. The van der Waals surface area contributed by atoms with Crippen LogP contribution in [-0.2, 0) is 11.2 Å². The third-order valence-electron chi connectivity index (χ3n) is 5.81. The summed E-state index contributed by atoms with van der Waals surface area (Å²) in [6.45, 7) is 0.670. The molecule has 29 heavy (non-hydrogen) atoms. The first-order valence-corrected chi connectivity index (χ1v) is 10.7. The molecule has 1 aromatic heterocycles. The van der Waals surface area contributed by atoms with Crippen LogP contribution in [0, 0.1) is 0 Å². The van der Waals surface area contributed by atoms with E-state index in [4.69, 9.17) is 0 Å². The molecule has 2 amide bonds. The molecule has 1 aromatic carbocycles. The predicted molar refractivity (Wildman–Crippen MR) is 111 cm³/mol. The minimum atomic E-state index is -0.145. The summed E-state index contributed by atoms with van der Waals surface area (Å²) in [5.41, 5.74) is 2.23. The molecule has 2 aromatic rings. The first-order chi connectivity index (χ1) is 14.2. The molecule has 0 spiro atoms. The first kappa shape index (κ1) is 19.6. The molecule has 0 atom stereocenters. The third kappa shape index (κ3) is 4.81. The summed E-state index contributed by atoms with van der Waals surface area (Å²) < 4.78 is 0. The van der Waals surface area contributed by atoms with Crippen LogP contribution in [0.4, 0.5) is 0 Å². The van der Waals surface area contributed by atoms with E-state index in [-0.39, 0.29) is 24.4 Å². The minimum Gasteiger partial charge on any atom is -0.352 e. The number of nitrogens with zero attached hydrogens (tertiary/aromatic N) is 3. The lowest BCUT2D eigenvalue weighted by molar-refractivity contribution is -0.122. The van der Waals surface area contributed by atoms with Gasteiger partial charge in [-0.25, -0.2) is 9.97 Å². The van der Waals surface area contributed by atoms with Crippen molar-refractivity contribution < 1.29 is 9.59 Å². The summed E-state index contributed by atoms with van der Waals surface area (Å²) >= 11 is 0. The summed E-state index contributed by atoms with van der Waals surface area (Å²) in [6.07, 6.45) is 10.0. The summed E-state index contributed by atoms with van der Waals surface area (Å²) in [5.74, 6) is 0.431. The van der Waals surface area contributed by atoms with E-state index in [9.17, 15) is 9.59 Å². The summed E-state index contributed by atoms with van der Waals surface area (Å²) in [5, 5.41) is 3.14. The van der Waals surface area contributed by atoms with Gasteiger partial charge in [-0.15, -0.1) is 0 Å². The number of rotatable bonds is 4. The second kappa shape index (κ2) is 9.16. The lowest BCUT2D eigenvalue weighted by Crippen LogP contribution is -2.44. The van der Waals surface area contributed by atoms with E-state index in [1.165, 1.54) is 25.7 Å². The molecule has 152 valence electrons. The molecule has 1 saturated carbocycles. The Balaban J connectivity index is 1.44. The SMILES string of the molecule is O=C(CN1CCCc2nc(-c3ccccc3)ncc2C1=O)NC1CCCCCC1. The molecule has 0 bridgehead atoms. The van der Waals surface area contributed by atoms with Crippen molar-refractivity contribution >= 4 is 11.8 Å². The Morgan fingerprint density at radius 2 is 1.83 bits per heavy atom. The Hall–Kier alpha value is -2.76. The molecule has 6 nitrogen and oxygen atoms in total. The van der Waals surface area contributed by atoms with Gasteiger partial charge in [0.1, 0.15) is 0 Å². The van der Waals surface area contributed by atoms with Gasteiger partial charge in [0.05, 0.1) is 17.8 Å². The third-order valence-corrected chi connectivity index (χ3v) is 5.81. The van der Waals surface area contributed by atoms with Gasteiger partial charge in [-0.05, 0) is 25.7 Å². The van der Waals surface area contributed by atoms with Crippen molar-refractivity contribution in [1.82, 2.24) is 20.2 Å². The predicted octanol–water partition coefficient (Wildman–Crippen LogP) is 3.37. The molecule has 0 saturated heterocycles. The molecule has 1 aliphatic heterocycles. The zero-order valence-electron chi connectivity index (χ0n) is 16.8. The highest BCUT2D eigenvalue weighted by atomic mass is 16.2. The van der Waals surface area contributed by atoms with Crippen molar-refractivity contribution in [3.8, 4) is 11.4 Å². The van der Waals surface area contributed by atoms with E-state index in [1.54, 1.807) is 11.1 Å². The highest BCUT2D eigenvalue weighted by Gasteiger charge is 2.26. The van der Waals surface area contributed by atoms with E-state index < -0.39 is 0 Å². The first-order valence-electron chi connectivity index (χ1n) is 10.7. The zero-order chi connectivity index (χ0) is 20.1.